The highest BCUT2D eigenvalue weighted by Crippen LogP contribution is 2.31. The third-order valence-corrected chi connectivity index (χ3v) is 6.15. The van der Waals surface area contributed by atoms with Crippen molar-refractivity contribution < 1.29 is 27.5 Å². The minimum atomic E-state index is -3.78. The Morgan fingerprint density at radius 3 is 2.44 bits per heavy atom. The van der Waals surface area contributed by atoms with E-state index in [4.69, 9.17) is 15.2 Å². The highest BCUT2D eigenvalue weighted by molar-refractivity contribution is 7.89. The molecule has 2 amide bonds. The summed E-state index contributed by atoms with van der Waals surface area (Å²) in [6.45, 7) is 4.40. The fraction of sp³-hybridized carbons (Fsp3) is 0.529. The zero-order valence-corrected chi connectivity index (χ0v) is 16.3. The molecule has 0 aliphatic carbocycles. The SMILES string of the molecule is CCOC(=O)Nc1cc(S(=O)(=O)N2CCC(C(N)=O)CC2)ccc1OCC. The van der Waals surface area contributed by atoms with Crippen LogP contribution in [0.15, 0.2) is 23.1 Å². The molecule has 1 saturated heterocycles. The lowest BCUT2D eigenvalue weighted by molar-refractivity contribution is -0.122. The molecule has 0 atom stereocenters. The van der Waals surface area contributed by atoms with Crippen LogP contribution in [0, 0.1) is 5.92 Å². The van der Waals surface area contributed by atoms with Crippen LogP contribution in [0.4, 0.5) is 10.5 Å². The zero-order valence-electron chi connectivity index (χ0n) is 15.4. The third-order valence-electron chi connectivity index (χ3n) is 4.26. The van der Waals surface area contributed by atoms with Crippen molar-refractivity contribution in [3.63, 3.8) is 0 Å². The van der Waals surface area contributed by atoms with Crippen molar-refractivity contribution in [2.75, 3.05) is 31.6 Å². The zero-order chi connectivity index (χ0) is 20.0. The first kappa shape index (κ1) is 21.0. The van der Waals surface area contributed by atoms with Gasteiger partial charge in [0, 0.05) is 19.0 Å². The fourth-order valence-corrected chi connectivity index (χ4v) is 4.35. The van der Waals surface area contributed by atoms with E-state index in [1.165, 1.54) is 22.5 Å². The molecule has 3 N–H and O–H groups in total. The molecule has 0 saturated carbocycles. The summed E-state index contributed by atoms with van der Waals surface area (Å²) < 4.78 is 37.4. The molecule has 0 unspecified atom stereocenters. The lowest BCUT2D eigenvalue weighted by atomic mass is 9.98. The van der Waals surface area contributed by atoms with Crippen molar-refractivity contribution in [2.24, 2.45) is 11.7 Å². The molecule has 9 nitrogen and oxygen atoms in total. The fourth-order valence-electron chi connectivity index (χ4n) is 2.86. The molecule has 2 rings (SSSR count). The Labute approximate surface area is 158 Å². The smallest absolute Gasteiger partial charge is 0.411 e. The van der Waals surface area contributed by atoms with Gasteiger partial charge in [0.05, 0.1) is 23.8 Å². The number of piperidine rings is 1. The Morgan fingerprint density at radius 2 is 1.89 bits per heavy atom. The second-order valence-electron chi connectivity index (χ2n) is 6.02. The first-order chi connectivity index (χ1) is 12.8. The van der Waals surface area contributed by atoms with Crippen LogP contribution in [0.3, 0.4) is 0 Å². The summed E-state index contributed by atoms with van der Waals surface area (Å²) in [5, 5.41) is 2.50. The number of nitrogens with zero attached hydrogens (tertiary/aromatic N) is 1. The minimum Gasteiger partial charge on any atom is -0.492 e. The molecule has 27 heavy (non-hydrogen) atoms. The molecule has 1 fully saturated rings. The summed E-state index contributed by atoms with van der Waals surface area (Å²) in [5.74, 6) is -0.371. The van der Waals surface area contributed by atoms with Gasteiger partial charge in [-0.2, -0.15) is 4.31 Å². The summed E-state index contributed by atoms with van der Waals surface area (Å²) in [7, 11) is -3.78. The predicted molar refractivity (Wildman–Crippen MR) is 98.9 cm³/mol. The number of nitrogens with two attached hydrogens (primary N) is 1. The average molecular weight is 399 g/mol. The Kier molecular flexibility index (Phi) is 7.03. The molecule has 1 aromatic carbocycles. The molecular weight excluding hydrogens is 374 g/mol. The number of carbonyl (C=O) groups excluding carboxylic acids is 2. The van der Waals surface area contributed by atoms with Gasteiger partial charge in [-0.25, -0.2) is 13.2 Å². The third kappa shape index (κ3) is 5.10. The minimum absolute atomic E-state index is 0.0234. The largest absolute Gasteiger partial charge is 0.492 e. The van der Waals surface area contributed by atoms with Crippen molar-refractivity contribution >= 4 is 27.7 Å². The summed E-state index contributed by atoms with van der Waals surface area (Å²) in [6.07, 6.45) is 0.0780. The normalized spacial score (nSPS) is 15.9. The van der Waals surface area contributed by atoms with Gasteiger partial charge >= 0.3 is 6.09 Å². The van der Waals surface area contributed by atoms with Crippen molar-refractivity contribution in [1.82, 2.24) is 4.31 Å². The maximum absolute atomic E-state index is 12.9. The summed E-state index contributed by atoms with van der Waals surface area (Å²) in [5.41, 5.74) is 5.51. The van der Waals surface area contributed by atoms with Crippen molar-refractivity contribution in [3.8, 4) is 5.75 Å². The molecule has 1 aromatic rings. The van der Waals surface area contributed by atoms with Gasteiger partial charge in [-0.05, 0) is 44.9 Å². The number of hydrogen-bond acceptors (Lipinski definition) is 6. The van der Waals surface area contributed by atoms with E-state index in [0.717, 1.165) is 0 Å². The molecule has 0 bridgehead atoms. The molecule has 1 aliphatic rings. The first-order valence-electron chi connectivity index (χ1n) is 8.79. The molecule has 1 heterocycles. The number of nitrogens with one attached hydrogen (secondary N) is 1. The lowest BCUT2D eigenvalue weighted by Crippen LogP contribution is -2.41. The van der Waals surface area contributed by atoms with E-state index in [1.54, 1.807) is 13.8 Å². The number of primary amides is 1. The Bertz CT molecular complexity index is 788. The Morgan fingerprint density at radius 1 is 1.22 bits per heavy atom. The van der Waals surface area contributed by atoms with Crippen LogP contribution in [0.25, 0.3) is 0 Å². The first-order valence-corrected chi connectivity index (χ1v) is 10.2. The maximum atomic E-state index is 12.9. The number of rotatable bonds is 7. The monoisotopic (exact) mass is 399 g/mol. The number of benzene rings is 1. The van der Waals surface area contributed by atoms with Crippen molar-refractivity contribution in [3.05, 3.63) is 18.2 Å². The van der Waals surface area contributed by atoms with E-state index in [1.807, 2.05) is 0 Å². The van der Waals surface area contributed by atoms with Crippen LogP contribution < -0.4 is 15.8 Å². The standard InChI is InChI=1S/C17H25N3O6S/c1-3-25-15-6-5-13(11-14(15)19-17(22)26-4-2)27(23,24)20-9-7-12(8-10-20)16(18)21/h5-6,11-12H,3-4,7-10H2,1-2H3,(H2,18,21)(H,19,22). The van der Waals surface area contributed by atoms with Gasteiger partial charge < -0.3 is 15.2 Å². The van der Waals surface area contributed by atoms with E-state index in [2.05, 4.69) is 5.32 Å². The van der Waals surface area contributed by atoms with E-state index in [-0.39, 0.29) is 36.2 Å². The number of anilines is 1. The van der Waals surface area contributed by atoms with Crippen LogP contribution in [0.1, 0.15) is 26.7 Å². The van der Waals surface area contributed by atoms with E-state index in [0.29, 0.717) is 25.2 Å². The van der Waals surface area contributed by atoms with Gasteiger partial charge in [0.2, 0.25) is 15.9 Å². The highest BCUT2D eigenvalue weighted by Gasteiger charge is 2.31. The average Bonchev–Trinajstić information content (AvgIpc) is 2.63. The highest BCUT2D eigenvalue weighted by atomic mass is 32.2. The van der Waals surface area contributed by atoms with Crippen LogP contribution in [-0.4, -0.2) is 51.0 Å². The van der Waals surface area contributed by atoms with Gasteiger partial charge in [0.15, 0.2) is 0 Å². The summed E-state index contributed by atoms with van der Waals surface area (Å²) >= 11 is 0. The van der Waals surface area contributed by atoms with E-state index >= 15 is 0 Å². The van der Waals surface area contributed by atoms with Crippen molar-refractivity contribution in [1.29, 1.82) is 0 Å². The maximum Gasteiger partial charge on any atom is 0.411 e. The van der Waals surface area contributed by atoms with E-state index in [9.17, 15) is 18.0 Å². The van der Waals surface area contributed by atoms with Crippen molar-refractivity contribution in [2.45, 2.75) is 31.6 Å². The molecule has 0 aromatic heterocycles. The molecular formula is C17H25N3O6S. The molecule has 150 valence electrons. The molecule has 10 heteroatoms. The Balaban J connectivity index is 2.26. The lowest BCUT2D eigenvalue weighted by Gasteiger charge is -2.29. The predicted octanol–water partition coefficient (Wildman–Crippen LogP) is 1.54. The number of ether oxygens (including phenoxy) is 2. The number of amides is 2. The molecule has 1 aliphatic heterocycles. The van der Waals surface area contributed by atoms with Crippen LogP contribution in [0.5, 0.6) is 5.75 Å². The second kappa shape index (κ2) is 9.05. The van der Waals surface area contributed by atoms with Gasteiger partial charge in [-0.3, -0.25) is 10.1 Å². The summed E-state index contributed by atoms with van der Waals surface area (Å²) in [4.78, 5) is 23.0. The topological polar surface area (TPSA) is 128 Å². The van der Waals surface area contributed by atoms with Gasteiger partial charge in [-0.15, -0.1) is 0 Å². The van der Waals surface area contributed by atoms with Crippen LogP contribution in [-0.2, 0) is 19.6 Å². The summed E-state index contributed by atoms with van der Waals surface area (Å²) in [6, 6.07) is 4.27. The Hall–Kier alpha value is -2.33. The second-order valence-corrected chi connectivity index (χ2v) is 7.96. The number of carbonyl (C=O) groups is 2. The molecule has 0 radical (unpaired) electrons. The number of hydrogen-bond donors (Lipinski definition) is 2. The van der Waals surface area contributed by atoms with Crippen LogP contribution >= 0.6 is 0 Å². The van der Waals surface area contributed by atoms with E-state index < -0.39 is 22.0 Å². The quantitative estimate of drug-likeness (QED) is 0.716. The van der Waals surface area contributed by atoms with Gasteiger partial charge in [-0.1, -0.05) is 0 Å². The van der Waals surface area contributed by atoms with Gasteiger partial charge in [0.25, 0.3) is 0 Å². The number of sulfonamides is 1. The molecule has 0 spiro atoms. The van der Waals surface area contributed by atoms with Gasteiger partial charge in [0.1, 0.15) is 5.75 Å². The van der Waals surface area contributed by atoms with Crippen LogP contribution in [0.2, 0.25) is 0 Å².